The van der Waals surface area contributed by atoms with E-state index in [1.165, 1.54) is 17.7 Å². The molecule has 2 heterocycles. The summed E-state index contributed by atoms with van der Waals surface area (Å²) in [5, 5.41) is 3.73. The Morgan fingerprint density at radius 3 is 2.89 bits per heavy atom. The maximum absolute atomic E-state index is 13.4. The molecule has 1 fully saturated rings. The molecule has 0 saturated heterocycles. The summed E-state index contributed by atoms with van der Waals surface area (Å²) in [4.78, 5) is 20.5. The summed E-state index contributed by atoms with van der Waals surface area (Å²) in [5.41, 5.74) is 3.88. The number of nitrogens with zero attached hydrogens (tertiary/aromatic N) is 1. The van der Waals surface area contributed by atoms with Gasteiger partial charge in [0.25, 0.3) is 0 Å². The lowest BCUT2D eigenvalue weighted by molar-refractivity contribution is -0.110. The lowest BCUT2D eigenvalue weighted by Crippen LogP contribution is -2.34. The number of amides is 1. The number of halogens is 3. The fraction of sp³-hybridized carbons (Fsp3) is 0.440. The number of hydrogen-bond acceptors (Lipinski definition) is 6. The van der Waals surface area contributed by atoms with Gasteiger partial charge in [-0.15, -0.1) is 0 Å². The van der Waals surface area contributed by atoms with Crippen molar-refractivity contribution >= 4 is 35.4 Å². The lowest BCUT2D eigenvalue weighted by atomic mass is 9.98. The highest BCUT2D eigenvalue weighted by molar-refractivity contribution is 6.31. The maximum atomic E-state index is 13.4. The minimum Gasteiger partial charge on any atom is -0.493 e. The summed E-state index contributed by atoms with van der Waals surface area (Å²) < 4.78 is 24.3. The van der Waals surface area contributed by atoms with Crippen LogP contribution in [0, 0.1) is 11.7 Å². The molecule has 1 aliphatic carbocycles. The largest absolute Gasteiger partial charge is 0.493 e. The first-order chi connectivity index (χ1) is 16.9. The summed E-state index contributed by atoms with van der Waals surface area (Å²) >= 11 is 11.4. The van der Waals surface area contributed by atoms with Crippen LogP contribution in [0.15, 0.2) is 41.4 Å². The van der Waals surface area contributed by atoms with Gasteiger partial charge < -0.3 is 14.8 Å². The monoisotopic (exact) mass is 523 g/mol. The second kappa shape index (κ2) is 11.5. The van der Waals surface area contributed by atoms with E-state index in [1.807, 2.05) is 25.1 Å². The van der Waals surface area contributed by atoms with E-state index >= 15 is 0 Å². The highest BCUT2D eigenvalue weighted by Gasteiger charge is 2.45. The number of amidine groups is 1. The summed E-state index contributed by atoms with van der Waals surface area (Å²) in [6, 6.07) is 10.0. The molecule has 5 rings (SSSR count). The Morgan fingerprint density at radius 1 is 1.31 bits per heavy atom. The molecule has 0 spiro atoms. The van der Waals surface area contributed by atoms with E-state index in [0.717, 1.165) is 55.9 Å². The van der Waals surface area contributed by atoms with Crippen LogP contribution in [0.4, 0.5) is 4.39 Å². The molecule has 7 nitrogen and oxygen atoms in total. The van der Waals surface area contributed by atoms with Gasteiger partial charge in [-0.2, -0.15) is 0 Å². The van der Waals surface area contributed by atoms with Crippen LogP contribution >= 0.6 is 23.2 Å². The average Bonchev–Trinajstić information content (AvgIpc) is 3.42. The second-order valence-electron chi connectivity index (χ2n) is 8.98. The maximum Gasteiger partial charge on any atom is 0.207 e. The molecule has 2 atom stereocenters. The summed E-state index contributed by atoms with van der Waals surface area (Å²) in [7, 11) is 0. The predicted molar refractivity (Wildman–Crippen MR) is 133 cm³/mol. The zero-order valence-electron chi connectivity index (χ0n) is 19.4. The van der Waals surface area contributed by atoms with E-state index in [4.69, 9.17) is 37.5 Å². The van der Waals surface area contributed by atoms with Gasteiger partial charge in [-0.3, -0.25) is 4.79 Å². The Balaban J connectivity index is 0.000000218. The van der Waals surface area contributed by atoms with Crippen LogP contribution < -0.4 is 20.3 Å². The molecule has 10 heteroatoms. The third kappa shape index (κ3) is 6.99. The first-order valence-corrected chi connectivity index (χ1v) is 12.3. The number of ether oxygens (including phenoxy) is 2. The van der Waals surface area contributed by atoms with Crippen molar-refractivity contribution in [3.63, 3.8) is 0 Å². The average molecular weight is 524 g/mol. The number of carbonyl (C=O) groups excluding carboxylic acids is 1. The Bertz CT molecular complexity index is 1080. The molecule has 2 unspecified atom stereocenters. The first-order valence-electron chi connectivity index (χ1n) is 11.6. The minimum atomic E-state index is -0.532. The number of hydroxylamine groups is 1. The van der Waals surface area contributed by atoms with Crippen molar-refractivity contribution in [3.8, 4) is 11.5 Å². The molecule has 35 heavy (non-hydrogen) atoms. The Kier molecular flexibility index (Phi) is 8.36. The van der Waals surface area contributed by atoms with Gasteiger partial charge in [0, 0.05) is 22.5 Å². The number of fused-ring (bicyclic) bond motifs is 1. The van der Waals surface area contributed by atoms with Gasteiger partial charge in [0.2, 0.25) is 6.41 Å². The van der Waals surface area contributed by atoms with Crippen molar-refractivity contribution in [2.45, 2.75) is 50.8 Å². The van der Waals surface area contributed by atoms with E-state index in [1.54, 1.807) is 6.07 Å². The summed E-state index contributed by atoms with van der Waals surface area (Å²) in [5.74, 6) is 1.51. The zero-order chi connectivity index (χ0) is 24.8. The van der Waals surface area contributed by atoms with Gasteiger partial charge in [-0.1, -0.05) is 30.1 Å². The topological polar surface area (TPSA) is 81.2 Å². The van der Waals surface area contributed by atoms with Crippen LogP contribution in [0.5, 0.6) is 11.5 Å². The Morgan fingerprint density at radius 2 is 2.14 bits per heavy atom. The van der Waals surface area contributed by atoms with Crippen molar-refractivity contribution in [2.75, 3.05) is 13.2 Å². The van der Waals surface area contributed by atoms with Crippen LogP contribution in [-0.4, -0.2) is 37.2 Å². The van der Waals surface area contributed by atoms with Crippen molar-refractivity contribution < 1.29 is 23.5 Å². The van der Waals surface area contributed by atoms with E-state index in [-0.39, 0.29) is 29.3 Å². The molecule has 0 aromatic heterocycles. The Labute approximate surface area is 213 Å². The fourth-order valence-electron chi connectivity index (χ4n) is 4.09. The molecule has 0 radical (unpaired) electrons. The number of nitrogens with one attached hydrogen (secondary N) is 2. The quantitative estimate of drug-likeness (QED) is 0.471. The second-order valence-corrected chi connectivity index (χ2v) is 9.82. The van der Waals surface area contributed by atoms with Gasteiger partial charge in [0.05, 0.1) is 11.6 Å². The summed E-state index contributed by atoms with van der Waals surface area (Å²) in [6.07, 6.45) is 5.38. The van der Waals surface area contributed by atoms with Crippen molar-refractivity contribution in [1.29, 1.82) is 0 Å². The molecule has 1 saturated carbocycles. The molecule has 2 aliphatic heterocycles. The molecular formula is C25H28Cl2FN3O4. The van der Waals surface area contributed by atoms with Crippen LogP contribution in [0.25, 0.3) is 0 Å². The number of benzene rings is 2. The number of carbonyl (C=O) groups is 1. The molecule has 3 aliphatic rings. The molecule has 2 N–H and O–H groups in total. The number of hydrogen-bond donors (Lipinski definition) is 2. The van der Waals surface area contributed by atoms with Crippen LogP contribution in [0.3, 0.4) is 0 Å². The third-order valence-corrected chi connectivity index (χ3v) is 6.68. The zero-order valence-corrected chi connectivity index (χ0v) is 20.9. The van der Waals surface area contributed by atoms with Crippen molar-refractivity contribution in [3.05, 3.63) is 57.8 Å². The first kappa shape index (κ1) is 25.5. The lowest BCUT2D eigenvalue weighted by Gasteiger charge is -2.21. The molecule has 0 bridgehead atoms. The standard InChI is InChI=1S/C16H19ClFN3O3.C9H9ClO/c1-10(7-16(4-5-16)19-9-22)15-20-14(21-24-15)8-23-11-2-3-12(17)13(18)6-11;10-8-3-4-9-7(6-8)2-1-5-11-9/h2-3,6,9-10,15H,4-5,7-8H2,1H3,(H,19,22)(H,20,21);3-4,6H,1-2,5H2. The molecule has 2 aromatic carbocycles. The SMILES string of the molecule is CC(CC1(NC=O)CC1)C1N=C(COc2ccc(Cl)c(F)c2)NO1.Clc1ccc2c(c1)CCCO2. The number of aliphatic imine (C=N–C) groups is 1. The van der Waals surface area contributed by atoms with E-state index < -0.39 is 5.82 Å². The highest BCUT2D eigenvalue weighted by atomic mass is 35.5. The minimum absolute atomic E-state index is 0.0499. The van der Waals surface area contributed by atoms with Crippen LogP contribution in [0.2, 0.25) is 10.0 Å². The fourth-order valence-corrected chi connectivity index (χ4v) is 4.40. The van der Waals surface area contributed by atoms with E-state index in [9.17, 15) is 9.18 Å². The summed E-state index contributed by atoms with van der Waals surface area (Å²) in [6.45, 7) is 3.01. The van der Waals surface area contributed by atoms with Crippen LogP contribution in [-0.2, 0) is 16.1 Å². The highest BCUT2D eigenvalue weighted by Crippen LogP contribution is 2.41. The van der Waals surface area contributed by atoms with Gasteiger partial charge >= 0.3 is 0 Å². The number of aryl methyl sites for hydroxylation is 1. The van der Waals surface area contributed by atoms with Gasteiger partial charge in [-0.25, -0.2) is 19.7 Å². The number of rotatable bonds is 8. The van der Waals surface area contributed by atoms with E-state index in [0.29, 0.717) is 11.6 Å². The molecule has 2 aromatic rings. The molecule has 188 valence electrons. The van der Waals surface area contributed by atoms with Gasteiger partial charge in [0.1, 0.15) is 23.9 Å². The molecule has 1 amide bonds. The third-order valence-electron chi connectivity index (χ3n) is 6.14. The smallest absolute Gasteiger partial charge is 0.207 e. The van der Waals surface area contributed by atoms with Crippen molar-refractivity contribution in [1.82, 2.24) is 10.8 Å². The Hall–Kier alpha value is -2.55. The van der Waals surface area contributed by atoms with Gasteiger partial charge in [0.15, 0.2) is 12.1 Å². The van der Waals surface area contributed by atoms with E-state index in [2.05, 4.69) is 15.8 Å². The van der Waals surface area contributed by atoms with Gasteiger partial charge in [-0.05, 0) is 68.0 Å². The normalized spacial score (nSPS) is 20.1. The van der Waals surface area contributed by atoms with Crippen LogP contribution in [0.1, 0.15) is 38.2 Å². The van der Waals surface area contributed by atoms with Crippen molar-refractivity contribution in [2.24, 2.45) is 10.9 Å². The molecular weight excluding hydrogens is 496 g/mol. The predicted octanol–water partition coefficient (Wildman–Crippen LogP) is 5.09.